The van der Waals surface area contributed by atoms with Crippen LogP contribution in [-0.2, 0) is 9.53 Å². The number of ether oxygens (including phenoxy) is 1. The molecule has 1 aliphatic rings. The summed E-state index contributed by atoms with van der Waals surface area (Å²) in [6.07, 6.45) is 7.15. The van der Waals surface area contributed by atoms with Gasteiger partial charge in [-0.1, -0.05) is 25.8 Å². The highest BCUT2D eigenvalue weighted by atomic mass is 16.5. The van der Waals surface area contributed by atoms with Crippen molar-refractivity contribution in [1.82, 2.24) is 0 Å². The van der Waals surface area contributed by atoms with Gasteiger partial charge in [0, 0.05) is 7.11 Å². The molecule has 0 bridgehead atoms. The molecule has 1 saturated carbocycles. The van der Waals surface area contributed by atoms with Crippen LogP contribution in [0.1, 0.15) is 32.1 Å². The van der Waals surface area contributed by atoms with E-state index in [2.05, 4.69) is 6.58 Å². The summed E-state index contributed by atoms with van der Waals surface area (Å²) in [5.41, 5.74) is 0. The Morgan fingerprint density at radius 3 is 2.54 bits per heavy atom. The number of carbonyl (C=O) groups excluding carboxylic acids is 1. The largest absolute Gasteiger partial charge is 0.373 e. The summed E-state index contributed by atoms with van der Waals surface area (Å²) in [5.74, 6) is 0.457. The lowest BCUT2D eigenvalue weighted by Gasteiger charge is -2.27. The van der Waals surface area contributed by atoms with Crippen LogP contribution in [0.25, 0.3) is 0 Å². The first-order valence-electron chi connectivity index (χ1n) is 4.98. The van der Waals surface area contributed by atoms with Gasteiger partial charge in [0.25, 0.3) is 0 Å². The van der Waals surface area contributed by atoms with E-state index in [1.165, 1.54) is 25.3 Å². The van der Waals surface area contributed by atoms with Gasteiger partial charge < -0.3 is 4.74 Å². The molecule has 1 unspecified atom stereocenters. The van der Waals surface area contributed by atoms with Gasteiger partial charge in [-0.3, -0.25) is 4.79 Å². The minimum absolute atomic E-state index is 0.0365. The van der Waals surface area contributed by atoms with Crippen molar-refractivity contribution >= 4 is 5.78 Å². The molecule has 0 N–H and O–H groups in total. The lowest BCUT2D eigenvalue weighted by atomic mass is 9.84. The van der Waals surface area contributed by atoms with Crippen molar-refractivity contribution in [3.8, 4) is 0 Å². The molecule has 0 aliphatic heterocycles. The van der Waals surface area contributed by atoms with E-state index < -0.39 is 0 Å². The first-order valence-corrected chi connectivity index (χ1v) is 4.98. The smallest absolute Gasteiger partial charge is 0.184 e. The SMILES string of the molecule is C=CC(=O)C(OC)C1CCCCC1. The Kier molecular flexibility index (Phi) is 4.16. The fourth-order valence-corrected chi connectivity index (χ4v) is 2.09. The zero-order chi connectivity index (χ0) is 9.68. The molecule has 0 aromatic rings. The van der Waals surface area contributed by atoms with Crippen molar-refractivity contribution in [2.24, 2.45) is 5.92 Å². The number of rotatable bonds is 4. The second kappa shape index (κ2) is 5.18. The average molecular weight is 182 g/mol. The van der Waals surface area contributed by atoms with E-state index in [4.69, 9.17) is 4.74 Å². The first-order chi connectivity index (χ1) is 6.29. The summed E-state index contributed by atoms with van der Waals surface area (Å²) in [7, 11) is 1.61. The summed E-state index contributed by atoms with van der Waals surface area (Å²) in [5, 5.41) is 0. The van der Waals surface area contributed by atoms with Crippen molar-refractivity contribution in [2.75, 3.05) is 7.11 Å². The normalized spacial score (nSPS) is 21.0. The third-order valence-corrected chi connectivity index (χ3v) is 2.81. The fourth-order valence-electron chi connectivity index (χ4n) is 2.09. The second-order valence-electron chi connectivity index (χ2n) is 3.66. The van der Waals surface area contributed by atoms with Crippen molar-refractivity contribution in [2.45, 2.75) is 38.2 Å². The molecule has 2 heteroatoms. The highest BCUT2D eigenvalue weighted by Crippen LogP contribution is 2.28. The monoisotopic (exact) mass is 182 g/mol. The molecule has 0 saturated heterocycles. The van der Waals surface area contributed by atoms with Crippen LogP contribution in [0, 0.1) is 5.92 Å². The van der Waals surface area contributed by atoms with Gasteiger partial charge in [-0.25, -0.2) is 0 Å². The summed E-state index contributed by atoms with van der Waals surface area (Å²) in [4.78, 5) is 11.4. The summed E-state index contributed by atoms with van der Waals surface area (Å²) >= 11 is 0. The summed E-state index contributed by atoms with van der Waals surface area (Å²) < 4.78 is 5.22. The maximum Gasteiger partial charge on any atom is 0.184 e. The molecule has 0 aromatic carbocycles. The number of carbonyl (C=O) groups is 1. The van der Waals surface area contributed by atoms with Gasteiger partial charge in [0.1, 0.15) is 6.10 Å². The Hall–Kier alpha value is -0.630. The van der Waals surface area contributed by atoms with E-state index in [1.54, 1.807) is 7.11 Å². The third kappa shape index (κ3) is 2.66. The van der Waals surface area contributed by atoms with Crippen molar-refractivity contribution in [3.63, 3.8) is 0 Å². The quantitative estimate of drug-likeness (QED) is 0.624. The first kappa shape index (κ1) is 10.5. The van der Waals surface area contributed by atoms with Crippen LogP contribution < -0.4 is 0 Å². The van der Waals surface area contributed by atoms with Crippen LogP contribution in [0.5, 0.6) is 0 Å². The lowest BCUT2D eigenvalue weighted by Crippen LogP contribution is -2.31. The van der Waals surface area contributed by atoms with Gasteiger partial charge in [0.05, 0.1) is 0 Å². The molecule has 1 fully saturated rings. The minimum atomic E-state index is -0.238. The Bertz CT molecular complexity index is 181. The van der Waals surface area contributed by atoms with Crippen LogP contribution in [0.4, 0.5) is 0 Å². The molecule has 0 amide bonds. The maximum atomic E-state index is 11.4. The molecular formula is C11H18O2. The Morgan fingerprint density at radius 2 is 2.08 bits per heavy atom. The van der Waals surface area contributed by atoms with Crippen LogP contribution in [0.3, 0.4) is 0 Å². The number of hydrogen-bond donors (Lipinski definition) is 0. The van der Waals surface area contributed by atoms with Gasteiger partial charge in [-0.05, 0) is 24.8 Å². The fraction of sp³-hybridized carbons (Fsp3) is 0.727. The van der Waals surface area contributed by atoms with Gasteiger partial charge in [0.15, 0.2) is 5.78 Å². The average Bonchev–Trinajstić information content (AvgIpc) is 2.20. The molecule has 0 aromatic heterocycles. The van der Waals surface area contributed by atoms with E-state index in [9.17, 15) is 4.79 Å². The Morgan fingerprint density at radius 1 is 1.46 bits per heavy atom. The van der Waals surface area contributed by atoms with Crippen molar-refractivity contribution in [1.29, 1.82) is 0 Å². The molecule has 1 rings (SSSR count). The van der Waals surface area contributed by atoms with Crippen LogP contribution >= 0.6 is 0 Å². The topological polar surface area (TPSA) is 26.3 Å². The molecule has 0 heterocycles. The zero-order valence-electron chi connectivity index (χ0n) is 8.29. The molecule has 2 nitrogen and oxygen atoms in total. The Labute approximate surface area is 80.0 Å². The van der Waals surface area contributed by atoms with E-state index in [-0.39, 0.29) is 11.9 Å². The molecule has 74 valence electrons. The van der Waals surface area contributed by atoms with Crippen molar-refractivity contribution < 1.29 is 9.53 Å². The summed E-state index contributed by atoms with van der Waals surface area (Å²) in [6.45, 7) is 3.49. The highest BCUT2D eigenvalue weighted by Gasteiger charge is 2.27. The van der Waals surface area contributed by atoms with E-state index in [0.29, 0.717) is 5.92 Å². The van der Waals surface area contributed by atoms with Crippen LogP contribution in [0.2, 0.25) is 0 Å². The van der Waals surface area contributed by atoms with Gasteiger partial charge in [-0.2, -0.15) is 0 Å². The molecular weight excluding hydrogens is 164 g/mol. The predicted octanol–water partition coefficient (Wildman–Crippen LogP) is 2.34. The third-order valence-electron chi connectivity index (χ3n) is 2.81. The minimum Gasteiger partial charge on any atom is -0.373 e. The van der Waals surface area contributed by atoms with Gasteiger partial charge in [-0.15, -0.1) is 0 Å². The van der Waals surface area contributed by atoms with Crippen LogP contribution in [-0.4, -0.2) is 19.0 Å². The molecule has 1 aliphatic carbocycles. The Balaban J connectivity index is 2.53. The molecule has 0 radical (unpaired) electrons. The van der Waals surface area contributed by atoms with Gasteiger partial charge >= 0.3 is 0 Å². The molecule has 0 spiro atoms. The summed E-state index contributed by atoms with van der Waals surface area (Å²) in [6, 6.07) is 0. The molecule has 13 heavy (non-hydrogen) atoms. The van der Waals surface area contributed by atoms with E-state index in [1.807, 2.05) is 0 Å². The highest BCUT2D eigenvalue weighted by molar-refractivity contribution is 5.93. The zero-order valence-corrected chi connectivity index (χ0v) is 8.29. The van der Waals surface area contributed by atoms with Gasteiger partial charge in [0.2, 0.25) is 0 Å². The van der Waals surface area contributed by atoms with E-state index >= 15 is 0 Å². The number of hydrogen-bond acceptors (Lipinski definition) is 2. The number of methoxy groups -OCH3 is 1. The van der Waals surface area contributed by atoms with Crippen LogP contribution in [0.15, 0.2) is 12.7 Å². The standard InChI is InChI=1S/C11H18O2/c1-3-10(12)11(13-2)9-7-5-4-6-8-9/h3,9,11H,1,4-8H2,2H3. The maximum absolute atomic E-state index is 11.4. The predicted molar refractivity (Wildman–Crippen MR) is 52.6 cm³/mol. The second-order valence-corrected chi connectivity index (χ2v) is 3.66. The molecule has 1 atom stereocenters. The van der Waals surface area contributed by atoms with E-state index in [0.717, 1.165) is 12.8 Å². The lowest BCUT2D eigenvalue weighted by molar-refractivity contribution is -0.127. The number of ketones is 1. The van der Waals surface area contributed by atoms with Crippen molar-refractivity contribution in [3.05, 3.63) is 12.7 Å².